The van der Waals surface area contributed by atoms with Crippen LogP contribution in [0.1, 0.15) is 141 Å². The Kier molecular flexibility index (Phi) is 23.3. The predicted molar refractivity (Wildman–Crippen MR) is 138 cm³/mol. The van der Waals surface area contributed by atoms with Gasteiger partial charge in [-0.3, -0.25) is 14.4 Å². The van der Waals surface area contributed by atoms with Crippen LogP contribution >= 0.6 is 0 Å². The van der Waals surface area contributed by atoms with Crippen molar-refractivity contribution in [1.29, 1.82) is 0 Å². The molecule has 34 heavy (non-hydrogen) atoms. The molecule has 0 bridgehead atoms. The van der Waals surface area contributed by atoms with Crippen LogP contribution < -0.4 is 11.1 Å². The van der Waals surface area contributed by atoms with Crippen molar-refractivity contribution in [3.63, 3.8) is 0 Å². The van der Waals surface area contributed by atoms with Crippen LogP contribution in [0.2, 0.25) is 0 Å². The minimum atomic E-state index is -0.992. The van der Waals surface area contributed by atoms with E-state index in [4.69, 9.17) is 15.9 Å². The van der Waals surface area contributed by atoms with Gasteiger partial charge in [-0.05, 0) is 25.7 Å². The molecule has 7 heteroatoms. The van der Waals surface area contributed by atoms with E-state index in [1.54, 1.807) is 0 Å². The van der Waals surface area contributed by atoms with Gasteiger partial charge >= 0.3 is 11.9 Å². The van der Waals surface area contributed by atoms with E-state index in [1.165, 1.54) is 89.9 Å². The zero-order valence-electron chi connectivity index (χ0n) is 21.5. The van der Waals surface area contributed by atoms with Crippen LogP contribution in [0.3, 0.4) is 0 Å². The first-order chi connectivity index (χ1) is 16.4. The summed E-state index contributed by atoms with van der Waals surface area (Å²) in [5.41, 5.74) is 5.43. The molecule has 0 rings (SSSR count). The summed E-state index contributed by atoms with van der Waals surface area (Å²) < 4.78 is 0. The number of hydrogen-bond acceptors (Lipinski definition) is 4. The SMILES string of the molecule is N[C@@H](CCCNC(=O)CCCCCCCCCCCCCCCCCCCCC(=O)O)C(=O)O. The lowest BCUT2D eigenvalue weighted by molar-refractivity contribution is -0.139. The fourth-order valence-corrected chi connectivity index (χ4v) is 4.15. The van der Waals surface area contributed by atoms with Gasteiger partial charge < -0.3 is 21.3 Å². The maximum Gasteiger partial charge on any atom is 0.320 e. The molecule has 0 fully saturated rings. The molecule has 200 valence electrons. The number of amides is 1. The number of aliphatic carboxylic acids is 2. The molecule has 0 aliphatic heterocycles. The normalized spacial score (nSPS) is 11.9. The van der Waals surface area contributed by atoms with Crippen molar-refractivity contribution in [2.24, 2.45) is 5.73 Å². The Morgan fingerprint density at radius 1 is 0.559 bits per heavy atom. The van der Waals surface area contributed by atoms with Crippen LogP contribution in [0, 0.1) is 0 Å². The van der Waals surface area contributed by atoms with E-state index in [1.807, 2.05) is 0 Å². The summed E-state index contributed by atoms with van der Waals surface area (Å²) in [6.07, 6.45) is 23.9. The van der Waals surface area contributed by atoms with E-state index in [-0.39, 0.29) is 5.91 Å². The van der Waals surface area contributed by atoms with Crippen LogP contribution in [0.15, 0.2) is 0 Å². The maximum atomic E-state index is 11.7. The number of carboxylic acids is 2. The van der Waals surface area contributed by atoms with Gasteiger partial charge in [-0.1, -0.05) is 103 Å². The van der Waals surface area contributed by atoms with Gasteiger partial charge in [0.15, 0.2) is 0 Å². The average Bonchev–Trinajstić information content (AvgIpc) is 2.80. The van der Waals surface area contributed by atoms with Crippen molar-refractivity contribution >= 4 is 17.8 Å². The fraction of sp³-hybridized carbons (Fsp3) is 0.889. The standard InChI is InChI=1S/C27H52N2O5/c28-24(27(33)34)20-19-23-29-25(30)21-17-15-13-11-9-7-5-3-1-2-4-6-8-10-12-14-16-18-22-26(31)32/h24H,1-23,28H2,(H,29,30)(H,31,32)(H,33,34)/t24-/m0/s1. The summed E-state index contributed by atoms with van der Waals surface area (Å²) in [4.78, 5) is 32.8. The van der Waals surface area contributed by atoms with Crippen molar-refractivity contribution < 1.29 is 24.6 Å². The first kappa shape index (κ1) is 32.4. The Balaban J connectivity index is 3.18. The Morgan fingerprint density at radius 3 is 1.26 bits per heavy atom. The van der Waals surface area contributed by atoms with Gasteiger partial charge in [-0.25, -0.2) is 0 Å². The third-order valence-corrected chi connectivity index (χ3v) is 6.38. The molecule has 1 amide bonds. The van der Waals surface area contributed by atoms with E-state index in [9.17, 15) is 14.4 Å². The minimum absolute atomic E-state index is 0.0527. The zero-order chi connectivity index (χ0) is 25.3. The molecule has 0 aliphatic rings. The minimum Gasteiger partial charge on any atom is -0.481 e. The zero-order valence-corrected chi connectivity index (χ0v) is 21.5. The Morgan fingerprint density at radius 2 is 0.912 bits per heavy atom. The quantitative estimate of drug-likeness (QED) is 0.108. The second-order valence-corrected chi connectivity index (χ2v) is 9.69. The van der Waals surface area contributed by atoms with Crippen LogP contribution in [-0.4, -0.2) is 40.6 Å². The third kappa shape index (κ3) is 25.0. The predicted octanol–water partition coefficient (Wildman–Crippen LogP) is 6.18. The van der Waals surface area contributed by atoms with Crippen LogP contribution in [0.5, 0.6) is 0 Å². The largest absolute Gasteiger partial charge is 0.481 e. The Labute approximate surface area is 207 Å². The summed E-state index contributed by atoms with van der Waals surface area (Å²) in [6.45, 7) is 0.497. The van der Waals surface area contributed by atoms with Gasteiger partial charge in [0.2, 0.25) is 5.91 Å². The van der Waals surface area contributed by atoms with Gasteiger partial charge in [0.25, 0.3) is 0 Å². The number of unbranched alkanes of at least 4 members (excludes halogenated alkanes) is 17. The first-order valence-corrected chi connectivity index (χ1v) is 13.9. The molecule has 0 heterocycles. The molecule has 0 aliphatic carbocycles. The summed E-state index contributed by atoms with van der Waals surface area (Å²) in [5, 5.41) is 20.1. The third-order valence-electron chi connectivity index (χ3n) is 6.38. The van der Waals surface area contributed by atoms with Crippen LogP contribution in [0.25, 0.3) is 0 Å². The number of carboxylic acid groups (broad SMARTS) is 2. The molecule has 7 nitrogen and oxygen atoms in total. The van der Waals surface area contributed by atoms with Gasteiger partial charge in [0.1, 0.15) is 6.04 Å². The van der Waals surface area contributed by atoms with E-state index in [2.05, 4.69) is 5.32 Å². The van der Waals surface area contributed by atoms with Crippen molar-refractivity contribution in [3.8, 4) is 0 Å². The van der Waals surface area contributed by atoms with Crippen molar-refractivity contribution in [1.82, 2.24) is 5.32 Å². The highest BCUT2D eigenvalue weighted by molar-refractivity contribution is 5.75. The smallest absolute Gasteiger partial charge is 0.320 e. The lowest BCUT2D eigenvalue weighted by atomic mass is 10.0. The van der Waals surface area contributed by atoms with Gasteiger partial charge in [0, 0.05) is 19.4 Å². The van der Waals surface area contributed by atoms with Gasteiger partial charge in [-0.15, -0.1) is 0 Å². The number of carbonyl (C=O) groups excluding carboxylic acids is 1. The molecule has 0 aromatic carbocycles. The molecule has 0 aromatic rings. The highest BCUT2D eigenvalue weighted by Crippen LogP contribution is 2.14. The van der Waals surface area contributed by atoms with E-state index >= 15 is 0 Å². The summed E-state index contributed by atoms with van der Waals surface area (Å²) in [6, 6.07) is -0.840. The van der Waals surface area contributed by atoms with E-state index in [0.717, 1.165) is 25.7 Å². The molecule has 0 unspecified atom stereocenters. The lowest BCUT2D eigenvalue weighted by Gasteiger charge is -2.07. The maximum absolute atomic E-state index is 11.7. The van der Waals surface area contributed by atoms with Gasteiger partial charge in [-0.2, -0.15) is 0 Å². The summed E-state index contributed by atoms with van der Waals surface area (Å²) >= 11 is 0. The van der Waals surface area contributed by atoms with Crippen LogP contribution in [-0.2, 0) is 14.4 Å². The molecule has 0 aromatic heterocycles. The van der Waals surface area contributed by atoms with Crippen molar-refractivity contribution in [2.45, 2.75) is 147 Å². The fourth-order valence-electron chi connectivity index (χ4n) is 4.15. The number of rotatable bonds is 26. The second-order valence-electron chi connectivity index (χ2n) is 9.69. The molecule has 0 saturated carbocycles. The van der Waals surface area contributed by atoms with Gasteiger partial charge in [0.05, 0.1) is 0 Å². The molecular formula is C27H52N2O5. The monoisotopic (exact) mass is 484 g/mol. The highest BCUT2D eigenvalue weighted by atomic mass is 16.4. The molecule has 5 N–H and O–H groups in total. The summed E-state index contributed by atoms with van der Waals surface area (Å²) in [5.74, 6) is -1.61. The molecule has 1 atom stereocenters. The first-order valence-electron chi connectivity index (χ1n) is 13.9. The second kappa shape index (κ2) is 24.5. The number of carbonyl (C=O) groups is 3. The topological polar surface area (TPSA) is 130 Å². The molecule has 0 spiro atoms. The lowest BCUT2D eigenvalue weighted by Crippen LogP contribution is -2.32. The Hall–Kier alpha value is -1.63. The number of nitrogens with one attached hydrogen (secondary N) is 1. The van der Waals surface area contributed by atoms with Crippen molar-refractivity contribution in [3.05, 3.63) is 0 Å². The molecule has 0 radical (unpaired) electrons. The van der Waals surface area contributed by atoms with Crippen LogP contribution in [0.4, 0.5) is 0 Å². The van der Waals surface area contributed by atoms with E-state index in [0.29, 0.717) is 32.2 Å². The van der Waals surface area contributed by atoms with Crippen molar-refractivity contribution in [2.75, 3.05) is 6.54 Å². The number of hydrogen-bond donors (Lipinski definition) is 4. The average molecular weight is 485 g/mol. The molecule has 0 saturated heterocycles. The highest BCUT2D eigenvalue weighted by Gasteiger charge is 2.10. The summed E-state index contributed by atoms with van der Waals surface area (Å²) in [7, 11) is 0. The molecular weight excluding hydrogens is 432 g/mol. The number of nitrogens with two attached hydrogens (primary N) is 1. The van der Waals surface area contributed by atoms with E-state index < -0.39 is 18.0 Å². The Bertz CT molecular complexity index is 513.